The molecule has 0 aliphatic carbocycles. The molecular formula is C19H14BrNO3S2. The number of amides is 1. The number of thiocarbonyl (C=S) groups is 1. The van der Waals surface area contributed by atoms with Crippen LogP contribution in [0.1, 0.15) is 22.8 Å². The molecule has 1 aliphatic heterocycles. The van der Waals surface area contributed by atoms with Crippen molar-refractivity contribution in [3.05, 3.63) is 69.0 Å². The number of esters is 1. The molecule has 1 aliphatic rings. The first-order chi connectivity index (χ1) is 12.5. The zero-order valence-electron chi connectivity index (χ0n) is 13.8. The topological polar surface area (TPSA) is 46.6 Å². The minimum Gasteiger partial charge on any atom is -0.462 e. The molecule has 1 fully saturated rings. The fourth-order valence-corrected chi connectivity index (χ4v) is 4.14. The minimum absolute atomic E-state index is 0.207. The Labute approximate surface area is 169 Å². The predicted molar refractivity (Wildman–Crippen MR) is 112 cm³/mol. The number of thioether (sulfide) groups is 1. The summed E-state index contributed by atoms with van der Waals surface area (Å²) in [6.07, 6.45) is 1.80. The second-order valence-corrected chi connectivity index (χ2v) is 7.93. The number of benzene rings is 2. The van der Waals surface area contributed by atoms with Crippen molar-refractivity contribution in [3.8, 4) is 0 Å². The number of ether oxygens (including phenoxy) is 1. The number of halogens is 1. The second-order valence-electron chi connectivity index (χ2n) is 5.34. The third kappa shape index (κ3) is 4.06. The van der Waals surface area contributed by atoms with Crippen LogP contribution in [0.3, 0.4) is 0 Å². The molecule has 0 spiro atoms. The summed E-state index contributed by atoms with van der Waals surface area (Å²) >= 11 is 10.0. The van der Waals surface area contributed by atoms with Crippen LogP contribution in [-0.4, -0.2) is 22.8 Å². The Kier molecular flexibility index (Phi) is 5.90. The van der Waals surface area contributed by atoms with E-state index in [4.69, 9.17) is 17.0 Å². The molecule has 0 saturated carbocycles. The lowest BCUT2D eigenvalue weighted by atomic mass is 10.2. The zero-order valence-corrected chi connectivity index (χ0v) is 17.0. The Morgan fingerprint density at radius 1 is 1.27 bits per heavy atom. The molecular weight excluding hydrogens is 434 g/mol. The van der Waals surface area contributed by atoms with Crippen molar-refractivity contribution in [2.24, 2.45) is 0 Å². The van der Waals surface area contributed by atoms with Crippen LogP contribution in [0, 0.1) is 0 Å². The molecule has 7 heteroatoms. The molecule has 0 radical (unpaired) electrons. The Hall–Kier alpha value is -1.96. The van der Waals surface area contributed by atoms with Crippen LogP contribution in [-0.2, 0) is 9.53 Å². The minimum atomic E-state index is -0.426. The van der Waals surface area contributed by atoms with E-state index >= 15 is 0 Å². The Bertz CT molecular complexity index is 927. The molecule has 0 bridgehead atoms. The Balaban J connectivity index is 1.90. The summed E-state index contributed by atoms with van der Waals surface area (Å²) in [5.74, 6) is -0.634. The Morgan fingerprint density at radius 3 is 2.77 bits per heavy atom. The van der Waals surface area contributed by atoms with Crippen molar-refractivity contribution in [2.45, 2.75) is 6.92 Å². The molecule has 0 aromatic heterocycles. The number of anilines is 1. The molecule has 26 heavy (non-hydrogen) atoms. The third-order valence-corrected chi connectivity index (χ3v) is 5.35. The largest absolute Gasteiger partial charge is 0.462 e. The SMILES string of the molecule is CCOC(=O)c1cccc(N2C(=O)/C(=C/c3cccc(Br)c3)SC2=S)c1. The fourth-order valence-electron chi connectivity index (χ4n) is 2.42. The van der Waals surface area contributed by atoms with Gasteiger partial charge in [-0.25, -0.2) is 4.79 Å². The second kappa shape index (κ2) is 8.16. The van der Waals surface area contributed by atoms with E-state index in [0.29, 0.717) is 27.1 Å². The monoisotopic (exact) mass is 447 g/mol. The van der Waals surface area contributed by atoms with Gasteiger partial charge in [0.25, 0.3) is 5.91 Å². The van der Waals surface area contributed by atoms with Gasteiger partial charge in [0.2, 0.25) is 0 Å². The van der Waals surface area contributed by atoms with Gasteiger partial charge in [-0.05, 0) is 48.9 Å². The van der Waals surface area contributed by atoms with Gasteiger partial charge >= 0.3 is 5.97 Å². The average molecular weight is 448 g/mol. The summed E-state index contributed by atoms with van der Waals surface area (Å²) in [6, 6.07) is 14.4. The van der Waals surface area contributed by atoms with Crippen LogP contribution in [0.25, 0.3) is 6.08 Å². The first-order valence-electron chi connectivity index (χ1n) is 7.80. The van der Waals surface area contributed by atoms with Crippen molar-refractivity contribution < 1.29 is 14.3 Å². The molecule has 0 atom stereocenters. The Morgan fingerprint density at radius 2 is 2.04 bits per heavy atom. The van der Waals surface area contributed by atoms with Gasteiger partial charge in [-0.1, -0.05) is 58.1 Å². The number of nitrogens with zero attached hydrogens (tertiary/aromatic N) is 1. The molecule has 0 N–H and O–H groups in total. The summed E-state index contributed by atoms with van der Waals surface area (Å²) in [6.45, 7) is 2.04. The summed E-state index contributed by atoms with van der Waals surface area (Å²) in [4.78, 5) is 26.7. The van der Waals surface area contributed by atoms with Gasteiger partial charge in [0, 0.05) is 4.47 Å². The number of carbonyl (C=O) groups excluding carboxylic acids is 2. The first-order valence-corrected chi connectivity index (χ1v) is 9.82. The smallest absolute Gasteiger partial charge is 0.338 e. The lowest BCUT2D eigenvalue weighted by Gasteiger charge is -2.15. The molecule has 4 nitrogen and oxygen atoms in total. The van der Waals surface area contributed by atoms with Crippen LogP contribution in [0.4, 0.5) is 5.69 Å². The van der Waals surface area contributed by atoms with E-state index < -0.39 is 5.97 Å². The highest BCUT2D eigenvalue weighted by Crippen LogP contribution is 2.36. The number of carbonyl (C=O) groups is 2. The van der Waals surface area contributed by atoms with Crippen LogP contribution >= 0.6 is 39.9 Å². The normalized spacial score (nSPS) is 15.6. The van der Waals surface area contributed by atoms with Gasteiger partial charge in [0.15, 0.2) is 4.32 Å². The first kappa shape index (κ1) is 18.8. The predicted octanol–water partition coefficient (Wildman–Crippen LogP) is 5.03. The quantitative estimate of drug-likeness (QED) is 0.373. The van der Waals surface area contributed by atoms with E-state index in [9.17, 15) is 9.59 Å². The van der Waals surface area contributed by atoms with Crippen molar-refractivity contribution in [1.82, 2.24) is 0 Å². The maximum absolute atomic E-state index is 12.8. The van der Waals surface area contributed by atoms with Gasteiger partial charge in [-0.2, -0.15) is 0 Å². The summed E-state index contributed by atoms with van der Waals surface area (Å²) < 4.78 is 6.38. The lowest BCUT2D eigenvalue weighted by Crippen LogP contribution is -2.27. The number of hydrogen-bond acceptors (Lipinski definition) is 5. The average Bonchev–Trinajstić information content (AvgIpc) is 2.89. The van der Waals surface area contributed by atoms with E-state index in [-0.39, 0.29) is 5.91 Å². The molecule has 1 heterocycles. The summed E-state index contributed by atoms with van der Waals surface area (Å²) in [7, 11) is 0. The number of hydrogen-bond donors (Lipinski definition) is 0. The highest BCUT2D eigenvalue weighted by molar-refractivity contribution is 9.10. The standard InChI is InChI=1S/C19H14BrNO3S2/c1-2-24-18(23)13-6-4-8-15(11-13)21-17(22)16(26-19(21)25)10-12-5-3-7-14(20)9-12/h3-11H,2H2,1H3/b16-10-. The van der Waals surface area contributed by atoms with Crippen LogP contribution in [0.5, 0.6) is 0 Å². The maximum atomic E-state index is 12.8. The summed E-state index contributed by atoms with van der Waals surface area (Å²) in [5, 5.41) is 0. The van der Waals surface area contributed by atoms with Crippen molar-refractivity contribution in [1.29, 1.82) is 0 Å². The number of rotatable bonds is 4. The van der Waals surface area contributed by atoms with Crippen molar-refractivity contribution in [2.75, 3.05) is 11.5 Å². The zero-order chi connectivity index (χ0) is 18.7. The summed E-state index contributed by atoms with van der Waals surface area (Å²) in [5.41, 5.74) is 1.84. The third-order valence-electron chi connectivity index (χ3n) is 3.56. The van der Waals surface area contributed by atoms with Crippen LogP contribution in [0.15, 0.2) is 57.9 Å². The lowest BCUT2D eigenvalue weighted by molar-refractivity contribution is -0.113. The fraction of sp³-hybridized carbons (Fsp3) is 0.105. The molecule has 0 unspecified atom stereocenters. The molecule has 2 aromatic carbocycles. The highest BCUT2D eigenvalue weighted by Gasteiger charge is 2.33. The van der Waals surface area contributed by atoms with E-state index in [0.717, 1.165) is 10.0 Å². The van der Waals surface area contributed by atoms with Crippen LogP contribution in [0.2, 0.25) is 0 Å². The molecule has 1 saturated heterocycles. The molecule has 2 aromatic rings. The van der Waals surface area contributed by atoms with E-state index in [1.54, 1.807) is 37.3 Å². The van der Waals surface area contributed by atoms with Crippen molar-refractivity contribution in [3.63, 3.8) is 0 Å². The van der Waals surface area contributed by atoms with Gasteiger partial charge in [0.05, 0.1) is 22.8 Å². The highest BCUT2D eigenvalue weighted by atomic mass is 79.9. The van der Waals surface area contributed by atoms with E-state index in [2.05, 4.69) is 15.9 Å². The molecule has 132 valence electrons. The van der Waals surface area contributed by atoms with Gasteiger partial charge < -0.3 is 4.74 Å². The van der Waals surface area contributed by atoms with Gasteiger partial charge in [-0.3, -0.25) is 9.69 Å². The van der Waals surface area contributed by atoms with Gasteiger partial charge in [0.1, 0.15) is 0 Å². The molecule has 3 rings (SSSR count). The van der Waals surface area contributed by atoms with Crippen LogP contribution < -0.4 is 4.90 Å². The van der Waals surface area contributed by atoms with E-state index in [1.807, 2.05) is 24.3 Å². The van der Waals surface area contributed by atoms with Crippen molar-refractivity contribution >= 4 is 67.9 Å². The van der Waals surface area contributed by atoms with Gasteiger partial charge in [-0.15, -0.1) is 0 Å². The maximum Gasteiger partial charge on any atom is 0.338 e. The van der Waals surface area contributed by atoms with E-state index in [1.165, 1.54) is 16.7 Å². The molecule has 1 amide bonds.